The number of benzene rings is 1. The molecule has 1 saturated carbocycles. The summed E-state index contributed by atoms with van der Waals surface area (Å²) >= 11 is 0. The summed E-state index contributed by atoms with van der Waals surface area (Å²) in [5, 5.41) is 0.434. The number of pyridine rings is 1. The minimum Gasteiger partial charge on any atom is -0.342 e. The lowest BCUT2D eigenvalue weighted by molar-refractivity contribution is -0.131. The van der Waals surface area contributed by atoms with Crippen molar-refractivity contribution in [3.63, 3.8) is 0 Å². The first-order chi connectivity index (χ1) is 16.0. The lowest BCUT2D eigenvalue weighted by Gasteiger charge is -2.19. The van der Waals surface area contributed by atoms with Crippen molar-refractivity contribution in [3.8, 4) is 0 Å². The normalized spacial score (nSPS) is 18.9. The summed E-state index contributed by atoms with van der Waals surface area (Å²) in [7, 11) is 1.50. The number of carbonyl (C=O) groups is 1. The molecule has 0 radical (unpaired) electrons. The molecule has 0 bridgehead atoms. The van der Waals surface area contributed by atoms with Crippen LogP contribution in [0.1, 0.15) is 55.7 Å². The van der Waals surface area contributed by atoms with E-state index in [-0.39, 0.29) is 23.1 Å². The topological polar surface area (TPSA) is 77.2 Å². The molecule has 1 atom stereocenters. The molecular weight excluding hydrogens is 416 g/mol. The molecule has 2 aromatic heterocycles. The van der Waals surface area contributed by atoms with Gasteiger partial charge in [0.1, 0.15) is 5.65 Å². The second kappa shape index (κ2) is 8.96. The Balaban J connectivity index is 1.44. The molecule has 5 rings (SSSR count). The Morgan fingerprint density at radius 2 is 1.79 bits per heavy atom. The summed E-state index contributed by atoms with van der Waals surface area (Å²) in [6.07, 6.45) is 6.33. The maximum absolute atomic E-state index is 13.0. The summed E-state index contributed by atoms with van der Waals surface area (Å²) in [4.78, 5) is 45.3. The quantitative estimate of drug-likeness (QED) is 0.604. The SMILES string of the molecule is Cn1c(=O)c2ccc([C@H]3CCN(C(=O)CC4CCCC4)C3)nc2n(Cc2ccccc2)c1=O. The van der Waals surface area contributed by atoms with E-state index in [1.54, 1.807) is 10.6 Å². The Labute approximate surface area is 192 Å². The van der Waals surface area contributed by atoms with Crippen molar-refractivity contribution in [3.05, 3.63) is 74.6 Å². The van der Waals surface area contributed by atoms with Crippen LogP contribution in [0.2, 0.25) is 0 Å². The van der Waals surface area contributed by atoms with Gasteiger partial charge in [-0.1, -0.05) is 43.2 Å². The van der Waals surface area contributed by atoms with Gasteiger partial charge in [0, 0.05) is 38.2 Å². The Morgan fingerprint density at radius 3 is 2.55 bits per heavy atom. The fourth-order valence-electron chi connectivity index (χ4n) is 5.33. The van der Waals surface area contributed by atoms with E-state index in [1.807, 2.05) is 41.3 Å². The molecule has 3 aromatic rings. The molecule has 1 aliphatic heterocycles. The first-order valence-electron chi connectivity index (χ1n) is 11.9. The van der Waals surface area contributed by atoms with E-state index in [9.17, 15) is 14.4 Å². The van der Waals surface area contributed by atoms with Gasteiger partial charge in [-0.2, -0.15) is 0 Å². The van der Waals surface area contributed by atoms with Crippen molar-refractivity contribution in [1.82, 2.24) is 19.0 Å². The van der Waals surface area contributed by atoms with E-state index >= 15 is 0 Å². The Kier molecular flexibility index (Phi) is 5.87. The van der Waals surface area contributed by atoms with Crippen LogP contribution in [-0.2, 0) is 18.4 Å². The fourth-order valence-corrected chi connectivity index (χ4v) is 5.33. The van der Waals surface area contributed by atoms with E-state index in [0.717, 1.165) is 28.8 Å². The standard InChI is InChI=1S/C26H30N4O3/c1-28-25(32)21-11-12-22(20-13-14-29(17-20)23(31)15-18-7-5-6-8-18)27-24(21)30(26(28)33)16-19-9-3-2-4-10-19/h2-4,9-12,18,20H,5-8,13-17H2,1H3/t20-/m0/s1. The molecule has 172 valence electrons. The average Bonchev–Trinajstić information content (AvgIpc) is 3.53. The zero-order valence-electron chi connectivity index (χ0n) is 19.1. The summed E-state index contributed by atoms with van der Waals surface area (Å²) in [5.41, 5.74) is 1.52. The van der Waals surface area contributed by atoms with Gasteiger partial charge in [-0.3, -0.25) is 18.7 Å². The number of hydrogen-bond acceptors (Lipinski definition) is 4. The van der Waals surface area contributed by atoms with E-state index in [1.165, 1.54) is 32.7 Å². The maximum Gasteiger partial charge on any atom is 0.332 e. The molecule has 1 saturated heterocycles. The van der Waals surface area contributed by atoms with Crippen LogP contribution in [0.5, 0.6) is 0 Å². The second-order valence-electron chi connectivity index (χ2n) is 9.51. The van der Waals surface area contributed by atoms with Crippen molar-refractivity contribution < 1.29 is 4.79 Å². The van der Waals surface area contributed by atoms with E-state index in [2.05, 4.69) is 0 Å². The number of aromatic nitrogens is 3. The second-order valence-corrected chi connectivity index (χ2v) is 9.51. The van der Waals surface area contributed by atoms with Crippen molar-refractivity contribution in [1.29, 1.82) is 0 Å². The van der Waals surface area contributed by atoms with Gasteiger partial charge >= 0.3 is 5.69 Å². The highest BCUT2D eigenvalue weighted by Crippen LogP contribution is 2.31. The predicted octanol–water partition coefficient (Wildman–Crippen LogP) is 3.04. The number of carbonyl (C=O) groups excluding carboxylic acids is 1. The summed E-state index contributed by atoms with van der Waals surface area (Å²) in [6, 6.07) is 13.4. The van der Waals surface area contributed by atoms with Crippen LogP contribution in [0.25, 0.3) is 11.0 Å². The van der Waals surface area contributed by atoms with Crippen molar-refractivity contribution in [2.45, 2.75) is 51.0 Å². The Hall–Kier alpha value is -3.22. The van der Waals surface area contributed by atoms with E-state index in [4.69, 9.17) is 4.98 Å². The highest BCUT2D eigenvalue weighted by Gasteiger charge is 2.30. The molecule has 2 aliphatic rings. The van der Waals surface area contributed by atoms with Crippen LogP contribution in [-0.4, -0.2) is 38.0 Å². The van der Waals surface area contributed by atoms with Crippen molar-refractivity contribution >= 4 is 16.9 Å². The highest BCUT2D eigenvalue weighted by molar-refractivity contribution is 5.77. The zero-order valence-corrected chi connectivity index (χ0v) is 19.1. The zero-order chi connectivity index (χ0) is 22.9. The van der Waals surface area contributed by atoms with Gasteiger partial charge in [0.15, 0.2) is 0 Å². The maximum atomic E-state index is 13.0. The van der Waals surface area contributed by atoms with E-state index in [0.29, 0.717) is 36.5 Å². The van der Waals surface area contributed by atoms with Gasteiger partial charge in [-0.05, 0) is 42.9 Å². The van der Waals surface area contributed by atoms with Crippen LogP contribution in [0.4, 0.5) is 0 Å². The molecule has 7 nitrogen and oxygen atoms in total. The third-order valence-corrected chi connectivity index (χ3v) is 7.29. The molecule has 1 aromatic carbocycles. The lowest BCUT2D eigenvalue weighted by atomic mass is 10.0. The molecule has 0 N–H and O–H groups in total. The Bertz CT molecular complexity index is 1290. The predicted molar refractivity (Wildman–Crippen MR) is 127 cm³/mol. The van der Waals surface area contributed by atoms with Crippen LogP contribution in [0.15, 0.2) is 52.1 Å². The molecule has 0 unspecified atom stereocenters. The van der Waals surface area contributed by atoms with Gasteiger partial charge in [0.2, 0.25) is 5.91 Å². The van der Waals surface area contributed by atoms with Crippen molar-refractivity contribution in [2.24, 2.45) is 13.0 Å². The van der Waals surface area contributed by atoms with Crippen LogP contribution in [0, 0.1) is 5.92 Å². The number of fused-ring (bicyclic) bond motifs is 1. The number of rotatable bonds is 5. The number of amides is 1. The number of hydrogen-bond donors (Lipinski definition) is 0. The van der Waals surface area contributed by atoms with Crippen LogP contribution in [0.3, 0.4) is 0 Å². The molecule has 1 amide bonds. The largest absolute Gasteiger partial charge is 0.342 e. The summed E-state index contributed by atoms with van der Waals surface area (Å²) < 4.78 is 2.72. The van der Waals surface area contributed by atoms with E-state index < -0.39 is 0 Å². The molecular formula is C26H30N4O3. The minimum atomic E-state index is -0.374. The first kappa shape index (κ1) is 21.6. The lowest BCUT2D eigenvalue weighted by Crippen LogP contribution is -2.38. The summed E-state index contributed by atoms with van der Waals surface area (Å²) in [5.74, 6) is 0.908. The third-order valence-electron chi connectivity index (χ3n) is 7.29. The molecule has 2 fully saturated rings. The van der Waals surface area contributed by atoms with Gasteiger partial charge in [0.25, 0.3) is 5.56 Å². The third kappa shape index (κ3) is 4.24. The number of likely N-dealkylation sites (tertiary alicyclic amines) is 1. The molecule has 1 aliphatic carbocycles. The highest BCUT2D eigenvalue weighted by atomic mass is 16.2. The van der Waals surface area contributed by atoms with Gasteiger partial charge < -0.3 is 4.90 Å². The van der Waals surface area contributed by atoms with Crippen LogP contribution >= 0.6 is 0 Å². The molecule has 0 spiro atoms. The van der Waals surface area contributed by atoms with Gasteiger partial charge in [-0.25, -0.2) is 9.78 Å². The molecule has 7 heteroatoms. The van der Waals surface area contributed by atoms with Gasteiger partial charge in [-0.15, -0.1) is 0 Å². The Morgan fingerprint density at radius 1 is 1.03 bits per heavy atom. The number of nitrogens with zero attached hydrogens (tertiary/aromatic N) is 4. The summed E-state index contributed by atoms with van der Waals surface area (Å²) in [6.45, 7) is 1.73. The fraction of sp³-hybridized carbons (Fsp3) is 0.462. The average molecular weight is 447 g/mol. The minimum absolute atomic E-state index is 0.117. The first-order valence-corrected chi connectivity index (χ1v) is 11.9. The van der Waals surface area contributed by atoms with Crippen molar-refractivity contribution in [2.75, 3.05) is 13.1 Å². The van der Waals surface area contributed by atoms with Gasteiger partial charge in [0.05, 0.1) is 11.9 Å². The monoisotopic (exact) mass is 446 g/mol. The smallest absolute Gasteiger partial charge is 0.332 e. The molecule has 3 heterocycles. The van der Waals surface area contributed by atoms with Crippen LogP contribution < -0.4 is 11.2 Å². The molecule has 33 heavy (non-hydrogen) atoms.